The zero-order chi connectivity index (χ0) is 17.1. The Kier molecular flexibility index (Phi) is 4.29. The number of rotatable bonds is 5. The third-order valence-corrected chi connectivity index (χ3v) is 4.56. The predicted molar refractivity (Wildman–Crippen MR) is 97.6 cm³/mol. The van der Waals surface area contributed by atoms with E-state index in [0.717, 1.165) is 35.4 Å². The van der Waals surface area contributed by atoms with Crippen LogP contribution in [0.2, 0.25) is 0 Å². The van der Waals surface area contributed by atoms with Gasteiger partial charge in [0.1, 0.15) is 5.75 Å². The molecule has 5 nitrogen and oxygen atoms in total. The Balaban J connectivity index is 1.54. The van der Waals surface area contributed by atoms with E-state index in [4.69, 9.17) is 4.74 Å². The van der Waals surface area contributed by atoms with Crippen molar-refractivity contribution >= 4 is 5.95 Å². The minimum atomic E-state index is 0.608. The Bertz CT molecular complexity index is 880. The van der Waals surface area contributed by atoms with Crippen LogP contribution in [0.4, 0.5) is 5.95 Å². The molecule has 0 unspecified atom stereocenters. The van der Waals surface area contributed by atoms with Gasteiger partial charge in [0.15, 0.2) is 0 Å². The first-order valence-electron chi connectivity index (χ1n) is 8.49. The molecule has 1 aliphatic carbocycles. The van der Waals surface area contributed by atoms with Crippen LogP contribution in [-0.2, 0) is 19.4 Å². The normalized spacial score (nSPS) is 12.7. The lowest BCUT2D eigenvalue weighted by Crippen LogP contribution is -2.06. The lowest BCUT2D eigenvalue weighted by molar-refractivity contribution is 0.410. The monoisotopic (exact) mass is 332 g/mol. The van der Waals surface area contributed by atoms with Crippen LogP contribution in [0.25, 0.3) is 11.3 Å². The van der Waals surface area contributed by atoms with Gasteiger partial charge in [-0.3, -0.25) is 4.98 Å². The average Bonchev–Trinajstić information content (AvgIpc) is 3.14. The van der Waals surface area contributed by atoms with Crippen LogP contribution in [0, 0.1) is 0 Å². The van der Waals surface area contributed by atoms with Crippen LogP contribution in [0.1, 0.15) is 23.1 Å². The van der Waals surface area contributed by atoms with Crippen LogP contribution in [0.5, 0.6) is 5.75 Å². The second-order valence-electron chi connectivity index (χ2n) is 6.14. The summed E-state index contributed by atoms with van der Waals surface area (Å²) in [7, 11) is 1.72. The third-order valence-electron chi connectivity index (χ3n) is 4.56. The van der Waals surface area contributed by atoms with E-state index in [9.17, 15) is 0 Å². The molecule has 1 N–H and O–H groups in total. The van der Waals surface area contributed by atoms with Crippen molar-refractivity contribution in [2.75, 3.05) is 12.4 Å². The summed E-state index contributed by atoms with van der Waals surface area (Å²) in [4.78, 5) is 13.0. The van der Waals surface area contributed by atoms with E-state index in [2.05, 4.69) is 32.4 Å². The Labute approximate surface area is 147 Å². The first kappa shape index (κ1) is 15.6. The van der Waals surface area contributed by atoms with Crippen molar-refractivity contribution in [2.45, 2.75) is 25.8 Å². The zero-order valence-corrected chi connectivity index (χ0v) is 14.2. The Morgan fingerprint density at radius 1 is 1.04 bits per heavy atom. The minimum Gasteiger partial charge on any atom is -0.496 e. The molecule has 25 heavy (non-hydrogen) atoms. The van der Waals surface area contributed by atoms with E-state index >= 15 is 0 Å². The molecule has 0 atom stereocenters. The van der Waals surface area contributed by atoms with E-state index in [0.29, 0.717) is 12.5 Å². The first-order chi connectivity index (χ1) is 12.3. The molecule has 0 bridgehead atoms. The molecule has 2 aromatic heterocycles. The van der Waals surface area contributed by atoms with Crippen molar-refractivity contribution in [1.82, 2.24) is 15.0 Å². The van der Waals surface area contributed by atoms with Gasteiger partial charge in [0.05, 0.1) is 12.8 Å². The van der Waals surface area contributed by atoms with Gasteiger partial charge < -0.3 is 10.1 Å². The van der Waals surface area contributed by atoms with E-state index in [1.165, 1.54) is 17.5 Å². The van der Waals surface area contributed by atoms with Gasteiger partial charge in [0.25, 0.3) is 0 Å². The van der Waals surface area contributed by atoms with Crippen molar-refractivity contribution in [3.63, 3.8) is 0 Å². The SMILES string of the molecule is COc1cc2c(cc1CNc1nccc(-c3ccncc3)n1)CCC2. The van der Waals surface area contributed by atoms with Gasteiger partial charge in [-0.05, 0) is 54.7 Å². The predicted octanol–water partition coefficient (Wildman–Crippen LogP) is 3.65. The number of nitrogens with zero attached hydrogens (tertiary/aromatic N) is 3. The summed E-state index contributed by atoms with van der Waals surface area (Å²) in [6, 6.07) is 10.2. The molecule has 0 fully saturated rings. The maximum Gasteiger partial charge on any atom is 0.223 e. The maximum atomic E-state index is 5.56. The van der Waals surface area contributed by atoms with Gasteiger partial charge in [-0.15, -0.1) is 0 Å². The van der Waals surface area contributed by atoms with E-state index in [-0.39, 0.29) is 0 Å². The van der Waals surface area contributed by atoms with E-state index in [1.807, 2.05) is 18.2 Å². The Hall–Kier alpha value is -2.95. The Morgan fingerprint density at radius 2 is 1.84 bits per heavy atom. The van der Waals surface area contributed by atoms with Crippen molar-refractivity contribution in [3.8, 4) is 17.0 Å². The molecule has 0 aliphatic heterocycles. The van der Waals surface area contributed by atoms with Gasteiger partial charge in [0.2, 0.25) is 5.95 Å². The summed E-state index contributed by atoms with van der Waals surface area (Å²) < 4.78 is 5.56. The van der Waals surface area contributed by atoms with Gasteiger partial charge in [-0.25, -0.2) is 9.97 Å². The number of anilines is 1. The summed E-state index contributed by atoms with van der Waals surface area (Å²) in [6.45, 7) is 0.635. The van der Waals surface area contributed by atoms with Gasteiger partial charge in [-0.2, -0.15) is 0 Å². The summed E-state index contributed by atoms with van der Waals surface area (Å²) in [5.41, 5.74) is 5.89. The highest BCUT2D eigenvalue weighted by atomic mass is 16.5. The molecular weight excluding hydrogens is 312 g/mol. The molecule has 5 heteroatoms. The average molecular weight is 332 g/mol. The fourth-order valence-corrected chi connectivity index (χ4v) is 3.28. The quantitative estimate of drug-likeness (QED) is 0.773. The van der Waals surface area contributed by atoms with Crippen LogP contribution in [0.15, 0.2) is 48.9 Å². The molecule has 0 saturated carbocycles. The molecule has 0 saturated heterocycles. The number of aryl methyl sites for hydroxylation is 2. The standard InChI is InChI=1S/C20H20N4O/c1-25-19-12-16-4-2-3-15(16)11-17(19)13-23-20-22-10-7-18(24-20)14-5-8-21-9-6-14/h5-12H,2-4,13H2,1H3,(H,22,23,24). The van der Waals surface area contributed by atoms with Crippen molar-refractivity contribution in [1.29, 1.82) is 0 Å². The van der Waals surface area contributed by atoms with Crippen molar-refractivity contribution < 1.29 is 4.74 Å². The summed E-state index contributed by atoms with van der Waals surface area (Å²) in [5.74, 6) is 1.54. The molecule has 126 valence electrons. The smallest absolute Gasteiger partial charge is 0.223 e. The maximum absolute atomic E-state index is 5.56. The highest BCUT2D eigenvalue weighted by Gasteiger charge is 2.15. The summed E-state index contributed by atoms with van der Waals surface area (Å²) in [6.07, 6.45) is 8.83. The number of benzene rings is 1. The van der Waals surface area contributed by atoms with Crippen LogP contribution in [-0.4, -0.2) is 22.1 Å². The largest absolute Gasteiger partial charge is 0.496 e. The van der Waals surface area contributed by atoms with E-state index < -0.39 is 0 Å². The molecule has 0 spiro atoms. The molecule has 1 aliphatic rings. The van der Waals surface area contributed by atoms with Crippen LogP contribution < -0.4 is 10.1 Å². The number of nitrogens with one attached hydrogen (secondary N) is 1. The number of fused-ring (bicyclic) bond motifs is 1. The number of hydrogen-bond donors (Lipinski definition) is 1. The Morgan fingerprint density at radius 3 is 2.64 bits per heavy atom. The molecule has 2 heterocycles. The van der Waals surface area contributed by atoms with E-state index in [1.54, 1.807) is 25.7 Å². The number of aromatic nitrogens is 3. The van der Waals surface area contributed by atoms with Gasteiger partial charge in [0, 0.05) is 36.3 Å². The zero-order valence-electron chi connectivity index (χ0n) is 14.2. The van der Waals surface area contributed by atoms with Gasteiger partial charge in [-0.1, -0.05) is 6.07 Å². The minimum absolute atomic E-state index is 0.608. The lowest BCUT2D eigenvalue weighted by Gasteiger charge is -2.13. The summed E-state index contributed by atoms with van der Waals surface area (Å²) in [5, 5.41) is 3.32. The molecule has 1 aromatic carbocycles. The lowest BCUT2D eigenvalue weighted by atomic mass is 10.1. The second kappa shape index (κ2) is 6.89. The molecular formula is C20H20N4O. The topological polar surface area (TPSA) is 59.9 Å². The number of methoxy groups -OCH3 is 1. The second-order valence-corrected chi connectivity index (χ2v) is 6.14. The molecule has 0 radical (unpaired) electrons. The fourth-order valence-electron chi connectivity index (χ4n) is 3.28. The highest BCUT2D eigenvalue weighted by Crippen LogP contribution is 2.30. The van der Waals surface area contributed by atoms with Crippen LogP contribution >= 0.6 is 0 Å². The highest BCUT2D eigenvalue weighted by molar-refractivity contribution is 5.59. The van der Waals surface area contributed by atoms with Crippen molar-refractivity contribution in [3.05, 3.63) is 65.6 Å². The van der Waals surface area contributed by atoms with Crippen molar-refractivity contribution in [2.24, 2.45) is 0 Å². The molecule has 0 amide bonds. The number of hydrogen-bond acceptors (Lipinski definition) is 5. The first-order valence-corrected chi connectivity index (χ1v) is 8.49. The molecule has 4 rings (SSSR count). The fraction of sp³-hybridized carbons (Fsp3) is 0.250. The number of ether oxygens (including phenoxy) is 1. The molecule has 3 aromatic rings. The third kappa shape index (κ3) is 3.31. The van der Waals surface area contributed by atoms with Crippen LogP contribution in [0.3, 0.4) is 0 Å². The van der Waals surface area contributed by atoms with Gasteiger partial charge >= 0.3 is 0 Å². The number of pyridine rings is 1. The summed E-state index contributed by atoms with van der Waals surface area (Å²) >= 11 is 0.